The molecule has 0 bridgehead atoms. The highest BCUT2D eigenvalue weighted by atomic mass is 35.5. The van der Waals surface area contributed by atoms with Crippen LogP contribution in [0.15, 0.2) is 11.6 Å². The summed E-state index contributed by atoms with van der Waals surface area (Å²) in [4.78, 5) is 3.91. The third-order valence-electron chi connectivity index (χ3n) is 1.48. The molecule has 0 aliphatic carbocycles. The lowest BCUT2D eigenvalue weighted by atomic mass is 10.4. The maximum absolute atomic E-state index is 9.38. The van der Waals surface area contributed by atoms with E-state index in [9.17, 15) is 5.11 Å². The second-order valence-corrected chi connectivity index (χ2v) is 3.55. The summed E-state index contributed by atoms with van der Waals surface area (Å²) < 4.78 is 5.19. The van der Waals surface area contributed by atoms with Crippen LogP contribution in [0, 0.1) is 0 Å². The number of hydrogen-bond donors (Lipinski definition) is 3. The van der Waals surface area contributed by atoms with Gasteiger partial charge in [-0.15, -0.1) is 12.4 Å². The monoisotopic (exact) mass is 254 g/mol. The molecule has 88 valence electrons. The van der Waals surface area contributed by atoms with Gasteiger partial charge in [-0.05, 0) is 0 Å². The van der Waals surface area contributed by atoms with E-state index in [1.54, 1.807) is 6.20 Å². The molecule has 15 heavy (non-hydrogen) atoms. The Kier molecular flexibility index (Phi) is 8.64. The molecule has 1 aromatic rings. The fourth-order valence-corrected chi connectivity index (χ4v) is 1.35. The maximum Gasteiger partial charge on any atom is 0.273 e. The minimum atomic E-state index is -0.578. The van der Waals surface area contributed by atoms with Gasteiger partial charge in [0.1, 0.15) is 12.7 Å². The molecule has 1 rings (SSSR count). The minimum Gasteiger partial charge on any atom is -0.467 e. The first kappa shape index (κ1) is 14.6. The van der Waals surface area contributed by atoms with Crippen molar-refractivity contribution < 1.29 is 14.9 Å². The van der Waals surface area contributed by atoms with E-state index in [0.717, 1.165) is 0 Å². The third kappa shape index (κ3) is 6.64. The molecule has 1 unspecified atom stereocenters. The van der Waals surface area contributed by atoms with Crippen molar-refractivity contribution in [3.63, 3.8) is 0 Å². The highest BCUT2D eigenvalue weighted by Gasteiger charge is 2.05. The van der Waals surface area contributed by atoms with Gasteiger partial charge in [0.15, 0.2) is 0 Å². The summed E-state index contributed by atoms with van der Waals surface area (Å²) in [6, 6.07) is 0. The third-order valence-corrected chi connectivity index (χ3v) is 2.16. The number of aliphatic hydroxyl groups is 2. The van der Waals surface area contributed by atoms with Crippen LogP contribution in [-0.4, -0.2) is 47.6 Å². The van der Waals surface area contributed by atoms with Crippen molar-refractivity contribution in [2.24, 2.45) is 0 Å². The summed E-state index contributed by atoms with van der Waals surface area (Å²) in [5.74, 6) is 0. The minimum absolute atomic E-state index is 0. The van der Waals surface area contributed by atoms with Crippen LogP contribution in [0.4, 0.5) is 0 Å². The van der Waals surface area contributed by atoms with Crippen LogP contribution in [-0.2, 0) is 0 Å². The molecule has 1 atom stereocenters. The molecule has 0 aromatic carbocycles. The highest BCUT2D eigenvalue weighted by Crippen LogP contribution is 2.13. The second kappa shape index (κ2) is 8.87. The van der Waals surface area contributed by atoms with Gasteiger partial charge in [0.05, 0.1) is 6.61 Å². The SMILES string of the molecule is Cl.OCCNCC(O)COc1nccs1. The highest BCUT2D eigenvalue weighted by molar-refractivity contribution is 7.11. The molecule has 7 heteroatoms. The van der Waals surface area contributed by atoms with E-state index >= 15 is 0 Å². The van der Waals surface area contributed by atoms with Crippen LogP contribution in [0.25, 0.3) is 0 Å². The molecule has 0 spiro atoms. The molecule has 0 saturated heterocycles. The number of nitrogens with zero attached hydrogens (tertiary/aromatic N) is 1. The molecule has 3 N–H and O–H groups in total. The average Bonchev–Trinajstić information content (AvgIpc) is 2.68. The van der Waals surface area contributed by atoms with Crippen molar-refractivity contribution in [1.82, 2.24) is 10.3 Å². The molecule has 1 heterocycles. The van der Waals surface area contributed by atoms with E-state index in [4.69, 9.17) is 9.84 Å². The lowest BCUT2D eigenvalue weighted by Gasteiger charge is -2.10. The second-order valence-electron chi connectivity index (χ2n) is 2.69. The zero-order chi connectivity index (χ0) is 10.2. The summed E-state index contributed by atoms with van der Waals surface area (Å²) in [5, 5.41) is 23.1. The van der Waals surface area contributed by atoms with Crippen molar-refractivity contribution >= 4 is 23.7 Å². The molecule has 5 nitrogen and oxygen atoms in total. The molecule has 0 radical (unpaired) electrons. The fraction of sp³-hybridized carbons (Fsp3) is 0.625. The van der Waals surface area contributed by atoms with Crippen LogP contribution >= 0.6 is 23.7 Å². The van der Waals surface area contributed by atoms with Crippen molar-refractivity contribution in [2.75, 3.05) is 26.3 Å². The molecule has 0 saturated carbocycles. The first-order valence-electron chi connectivity index (χ1n) is 4.35. The van der Waals surface area contributed by atoms with Gasteiger partial charge >= 0.3 is 0 Å². The Labute approximate surface area is 98.5 Å². The number of nitrogens with one attached hydrogen (secondary N) is 1. The molecule has 0 fully saturated rings. The average molecular weight is 255 g/mol. The predicted octanol–water partition coefficient (Wildman–Crippen LogP) is -0.114. The van der Waals surface area contributed by atoms with E-state index in [-0.39, 0.29) is 25.6 Å². The van der Waals surface area contributed by atoms with Gasteiger partial charge in [-0.1, -0.05) is 11.3 Å². The summed E-state index contributed by atoms with van der Waals surface area (Å²) >= 11 is 1.39. The van der Waals surface area contributed by atoms with Crippen LogP contribution in [0.2, 0.25) is 0 Å². The molecule has 1 aromatic heterocycles. The number of aliphatic hydroxyl groups excluding tert-OH is 2. The lowest BCUT2D eigenvalue weighted by Crippen LogP contribution is -2.32. The van der Waals surface area contributed by atoms with Crippen molar-refractivity contribution in [3.05, 3.63) is 11.6 Å². The predicted molar refractivity (Wildman–Crippen MR) is 60.8 cm³/mol. The number of rotatable bonds is 7. The van der Waals surface area contributed by atoms with Gasteiger partial charge < -0.3 is 20.3 Å². The molecular weight excluding hydrogens is 240 g/mol. The van der Waals surface area contributed by atoms with Crippen molar-refractivity contribution in [1.29, 1.82) is 0 Å². The Balaban J connectivity index is 0.00000196. The summed E-state index contributed by atoms with van der Waals surface area (Å²) in [6.45, 7) is 1.17. The topological polar surface area (TPSA) is 74.6 Å². The van der Waals surface area contributed by atoms with Gasteiger partial charge in [0, 0.05) is 24.7 Å². The first-order valence-corrected chi connectivity index (χ1v) is 5.23. The van der Waals surface area contributed by atoms with E-state index in [2.05, 4.69) is 10.3 Å². The van der Waals surface area contributed by atoms with Crippen LogP contribution < -0.4 is 10.1 Å². The first-order chi connectivity index (χ1) is 6.83. The van der Waals surface area contributed by atoms with Gasteiger partial charge in [-0.25, -0.2) is 4.98 Å². The molecular formula is C8H15ClN2O3S. The quantitative estimate of drug-likeness (QED) is 0.592. The number of ether oxygens (including phenoxy) is 1. The Morgan fingerprint density at radius 3 is 3.00 bits per heavy atom. The number of hydrogen-bond acceptors (Lipinski definition) is 6. The normalized spacial score (nSPS) is 11.9. The fourth-order valence-electron chi connectivity index (χ4n) is 0.856. The van der Waals surface area contributed by atoms with E-state index in [1.807, 2.05) is 5.38 Å². The van der Waals surface area contributed by atoms with Crippen molar-refractivity contribution in [3.8, 4) is 5.19 Å². The van der Waals surface area contributed by atoms with E-state index in [1.165, 1.54) is 11.3 Å². The van der Waals surface area contributed by atoms with Gasteiger partial charge in [0.25, 0.3) is 5.19 Å². The van der Waals surface area contributed by atoms with Gasteiger partial charge in [0.2, 0.25) is 0 Å². The largest absolute Gasteiger partial charge is 0.467 e. The zero-order valence-electron chi connectivity index (χ0n) is 8.13. The smallest absolute Gasteiger partial charge is 0.273 e. The van der Waals surface area contributed by atoms with Crippen molar-refractivity contribution in [2.45, 2.75) is 6.10 Å². The molecule has 0 amide bonds. The standard InChI is InChI=1S/C8H14N2O3S.ClH/c11-3-1-9-5-7(12)6-13-8-10-2-4-14-8;/h2,4,7,9,11-12H,1,3,5-6H2;1H. The Bertz CT molecular complexity index is 236. The number of halogens is 1. The summed E-state index contributed by atoms with van der Waals surface area (Å²) in [6.07, 6.45) is 1.07. The van der Waals surface area contributed by atoms with Crippen LogP contribution in [0.3, 0.4) is 0 Å². The molecule has 0 aliphatic heterocycles. The summed E-state index contributed by atoms with van der Waals surface area (Å²) in [7, 11) is 0. The van der Waals surface area contributed by atoms with Gasteiger partial charge in [-0.3, -0.25) is 0 Å². The maximum atomic E-state index is 9.38. The Morgan fingerprint density at radius 2 is 2.40 bits per heavy atom. The number of aromatic nitrogens is 1. The lowest BCUT2D eigenvalue weighted by molar-refractivity contribution is 0.105. The van der Waals surface area contributed by atoms with E-state index < -0.39 is 6.10 Å². The number of thiazole rings is 1. The van der Waals surface area contributed by atoms with E-state index in [0.29, 0.717) is 18.3 Å². The molecule has 0 aliphatic rings. The zero-order valence-corrected chi connectivity index (χ0v) is 9.76. The van der Waals surface area contributed by atoms with Gasteiger partial charge in [-0.2, -0.15) is 0 Å². The summed E-state index contributed by atoms with van der Waals surface area (Å²) in [5.41, 5.74) is 0. The Hall–Kier alpha value is -0.400. The van der Waals surface area contributed by atoms with Crippen LogP contribution in [0.5, 0.6) is 5.19 Å². The Morgan fingerprint density at radius 1 is 1.60 bits per heavy atom. The van der Waals surface area contributed by atoms with Crippen LogP contribution in [0.1, 0.15) is 0 Å².